The van der Waals surface area contributed by atoms with Gasteiger partial charge in [0.25, 0.3) is 11.8 Å². The molecule has 46 heavy (non-hydrogen) atoms. The number of nitrogens with two attached hydrogens (primary N) is 1. The quantitative estimate of drug-likeness (QED) is 0.326. The molecule has 2 amide bonds. The van der Waals surface area contributed by atoms with E-state index in [-0.39, 0.29) is 41.5 Å². The molecule has 1 saturated carbocycles. The summed E-state index contributed by atoms with van der Waals surface area (Å²) in [5.74, 6) is -0.270. The van der Waals surface area contributed by atoms with Gasteiger partial charge in [0.15, 0.2) is 0 Å². The van der Waals surface area contributed by atoms with E-state index in [9.17, 15) is 19.2 Å². The summed E-state index contributed by atoms with van der Waals surface area (Å²) in [4.78, 5) is 60.3. The Hall–Kier alpha value is -4.27. The van der Waals surface area contributed by atoms with Gasteiger partial charge in [0, 0.05) is 41.3 Å². The summed E-state index contributed by atoms with van der Waals surface area (Å²) in [6.45, 7) is 4.19. The standard InChI is InChI=1S/C37H39N3O6/c1-3-5-7-25-23-10-9-21-19-15-17-37(32(21)31(23)35(43)45-25)26(8-6-4-2)46-36(44)33(37)30(19)29-20-16-18-39-34(38)22(20)11-12-24(29)40-27(41)13-14-28(40)42/h7-8,13-14,16,18-19,21,24,29,32H,3-6,9-12,15,17H2,1-2H3,(H2,38,39). The van der Waals surface area contributed by atoms with Gasteiger partial charge in [-0.05, 0) is 98.1 Å². The number of nitrogen functional groups attached to an aromatic ring is 1. The Morgan fingerprint density at radius 2 is 1.74 bits per heavy atom. The van der Waals surface area contributed by atoms with Crippen LogP contribution in [0.4, 0.5) is 5.82 Å². The predicted octanol–water partition coefficient (Wildman–Crippen LogP) is 5.50. The van der Waals surface area contributed by atoms with Crippen LogP contribution in [0.2, 0.25) is 0 Å². The molecule has 3 aliphatic heterocycles. The van der Waals surface area contributed by atoms with Crippen molar-refractivity contribution < 1.29 is 28.7 Å². The maximum absolute atomic E-state index is 14.3. The highest BCUT2D eigenvalue weighted by Crippen LogP contribution is 2.72. The van der Waals surface area contributed by atoms with E-state index >= 15 is 0 Å². The highest BCUT2D eigenvalue weighted by Gasteiger charge is 2.69. The molecule has 1 spiro atoms. The fourth-order valence-corrected chi connectivity index (χ4v) is 10.1. The first-order chi connectivity index (χ1) is 22.3. The van der Waals surface area contributed by atoms with Crippen LogP contribution in [-0.4, -0.2) is 39.7 Å². The van der Waals surface area contributed by atoms with Crippen molar-refractivity contribution in [3.8, 4) is 0 Å². The minimum Gasteiger partial charge on any atom is -0.427 e. The van der Waals surface area contributed by atoms with Gasteiger partial charge in [-0.3, -0.25) is 14.5 Å². The topological polar surface area (TPSA) is 129 Å². The molecule has 9 heteroatoms. The summed E-state index contributed by atoms with van der Waals surface area (Å²) >= 11 is 0. The number of cyclic esters (lactones) is 2. The highest BCUT2D eigenvalue weighted by atomic mass is 16.5. The molecule has 1 saturated heterocycles. The van der Waals surface area contributed by atoms with E-state index in [4.69, 9.17) is 15.2 Å². The number of pyridine rings is 1. The number of imide groups is 1. The molecule has 6 atom stereocenters. The first-order valence-electron chi connectivity index (χ1n) is 16.9. The number of esters is 2. The Morgan fingerprint density at radius 1 is 0.978 bits per heavy atom. The van der Waals surface area contributed by atoms with Crippen LogP contribution < -0.4 is 5.73 Å². The van der Waals surface area contributed by atoms with Gasteiger partial charge in [-0.25, -0.2) is 14.6 Å². The zero-order chi connectivity index (χ0) is 31.9. The minimum absolute atomic E-state index is 0.0425. The predicted molar refractivity (Wildman–Crippen MR) is 168 cm³/mol. The second kappa shape index (κ2) is 10.6. The number of carbonyl (C=O) groups excluding carboxylic acids is 4. The lowest BCUT2D eigenvalue weighted by molar-refractivity contribution is -0.140. The largest absolute Gasteiger partial charge is 0.427 e. The van der Waals surface area contributed by atoms with Crippen LogP contribution in [0.3, 0.4) is 0 Å². The molecule has 8 aliphatic rings. The molecular formula is C37H39N3O6. The zero-order valence-electron chi connectivity index (χ0n) is 26.3. The summed E-state index contributed by atoms with van der Waals surface area (Å²) in [5.41, 5.74) is 10.7. The SMILES string of the molecule is CCCC=C1OC(=O)C2=C1CCC1C3CCC4(C(=CCCC)OC(=O)C4=C3C3c4ccnc(N)c4CCC3N3C(=O)C=CC3=O)C21. The molecule has 1 aromatic rings. The van der Waals surface area contributed by atoms with Gasteiger partial charge in [0.05, 0.1) is 17.0 Å². The van der Waals surface area contributed by atoms with Crippen molar-refractivity contribution in [2.75, 3.05) is 5.73 Å². The molecule has 9 rings (SSSR count). The van der Waals surface area contributed by atoms with Crippen molar-refractivity contribution in [2.24, 2.45) is 23.2 Å². The molecule has 5 aliphatic carbocycles. The zero-order valence-corrected chi connectivity index (χ0v) is 26.3. The van der Waals surface area contributed by atoms with E-state index in [2.05, 4.69) is 24.9 Å². The monoisotopic (exact) mass is 621 g/mol. The number of allylic oxidation sites excluding steroid dienone is 4. The van der Waals surface area contributed by atoms with Crippen LogP contribution in [0.25, 0.3) is 0 Å². The van der Waals surface area contributed by atoms with E-state index in [1.54, 1.807) is 6.20 Å². The number of fused-ring (bicyclic) bond motifs is 2. The van der Waals surface area contributed by atoms with E-state index in [1.165, 1.54) is 17.1 Å². The second-order valence-electron chi connectivity index (χ2n) is 13.7. The second-order valence-corrected chi connectivity index (χ2v) is 13.7. The molecule has 6 unspecified atom stereocenters. The Kier molecular flexibility index (Phi) is 6.74. The van der Waals surface area contributed by atoms with Crippen molar-refractivity contribution in [3.05, 3.63) is 81.5 Å². The number of amides is 2. The van der Waals surface area contributed by atoms with E-state index in [0.717, 1.165) is 67.2 Å². The van der Waals surface area contributed by atoms with Gasteiger partial charge in [0.1, 0.15) is 17.3 Å². The highest BCUT2D eigenvalue weighted by molar-refractivity contribution is 6.13. The molecule has 2 fully saturated rings. The molecule has 1 aromatic heterocycles. The number of unbranched alkanes of at least 4 members (excludes halogenated alkanes) is 2. The third-order valence-electron chi connectivity index (χ3n) is 11.7. The third-order valence-corrected chi connectivity index (χ3v) is 11.7. The Bertz CT molecular complexity index is 1740. The fourth-order valence-electron chi connectivity index (χ4n) is 10.1. The summed E-state index contributed by atoms with van der Waals surface area (Å²) in [6.07, 6.45) is 16.0. The van der Waals surface area contributed by atoms with Crippen molar-refractivity contribution in [3.63, 3.8) is 0 Å². The molecule has 9 nitrogen and oxygen atoms in total. The normalized spacial score (nSPS) is 34.4. The number of anilines is 1. The number of ether oxygens (including phenoxy) is 2. The van der Waals surface area contributed by atoms with Crippen LogP contribution in [0.1, 0.15) is 88.7 Å². The van der Waals surface area contributed by atoms with Crippen LogP contribution >= 0.6 is 0 Å². The van der Waals surface area contributed by atoms with Crippen molar-refractivity contribution in [2.45, 2.75) is 90.0 Å². The van der Waals surface area contributed by atoms with Crippen molar-refractivity contribution >= 4 is 29.6 Å². The Balaban J connectivity index is 1.39. The Morgan fingerprint density at radius 3 is 2.50 bits per heavy atom. The lowest BCUT2D eigenvalue weighted by Gasteiger charge is -2.58. The summed E-state index contributed by atoms with van der Waals surface area (Å²) in [5, 5.41) is 0. The van der Waals surface area contributed by atoms with E-state index < -0.39 is 17.4 Å². The average molecular weight is 622 g/mol. The number of aromatic nitrogens is 1. The lowest BCUT2D eigenvalue weighted by Crippen LogP contribution is -2.55. The van der Waals surface area contributed by atoms with Gasteiger partial charge < -0.3 is 15.2 Å². The van der Waals surface area contributed by atoms with Gasteiger partial charge in [-0.15, -0.1) is 0 Å². The van der Waals surface area contributed by atoms with Gasteiger partial charge in [-0.1, -0.05) is 26.7 Å². The van der Waals surface area contributed by atoms with Gasteiger partial charge in [-0.2, -0.15) is 0 Å². The average Bonchev–Trinajstić information content (AvgIpc) is 3.68. The summed E-state index contributed by atoms with van der Waals surface area (Å²) < 4.78 is 12.2. The first kappa shape index (κ1) is 29.2. The molecule has 2 N–H and O–H groups in total. The summed E-state index contributed by atoms with van der Waals surface area (Å²) in [7, 11) is 0. The fraction of sp³-hybridized carbons (Fsp3) is 0.486. The number of hydrogen-bond donors (Lipinski definition) is 1. The minimum atomic E-state index is -0.820. The molecule has 0 radical (unpaired) electrons. The summed E-state index contributed by atoms with van der Waals surface area (Å²) in [6, 6.07) is 1.45. The van der Waals surface area contributed by atoms with E-state index in [0.29, 0.717) is 47.7 Å². The molecule has 4 heterocycles. The molecule has 238 valence electrons. The lowest BCUT2D eigenvalue weighted by atomic mass is 9.43. The van der Waals surface area contributed by atoms with Crippen molar-refractivity contribution in [1.82, 2.24) is 9.88 Å². The number of hydrogen-bond acceptors (Lipinski definition) is 8. The maximum Gasteiger partial charge on any atom is 0.340 e. The Labute approximate surface area is 268 Å². The third kappa shape index (κ3) is 3.83. The van der Waals surface area contributed by atoms with Gasteiger partial charge >= 0.3 is 11.9 Å². The van der Waals surface area contributed by atoms with E-state index in [1.807, 2.05) is 12.1 Å². The molecule has 2 bridgehead atoms. The van der Waals surface area contributed by atoms with Gasteiger partial charge in [0.2, 0.25) is 0 Å². The van der Waals surface area contributed by atoms with Crippen LogP contribution in [0.5, 0.6) is 0 Å². The first-order valence-corrected chi connectivity index (χ1v) is 16.9. The number of carbonyl (C=O) groups is 4. The van der Waals surface area contributed by atoms with Crippen LogP contribution in [0.15, 0.2) is 70.4 Å². The van der Waals surface area contributed by atoms with Crippen LogP contribution in [0, 0.1) is 23.2 Å². The smallest absolute Gasteiger partial charge is 0.340 e. The molecule has 0 aromatic carbocycles. The van der Waals surface area contributed by atoms with Crippen LogP contribution in [-0.2, 0) is 35.1 Å². The maximum atomic E-state index is 14.3. The number of nitrogens with zero attached hydrogens (tertiary/aromatic N) is 2. The molecular weight excluding hydrogens is 582 g/mol. The van der Waals surface area contributed by atoms with Crippen molar-refractivity contribution in [1.29, 1.82) is 0 Å². The number of rotatable bonds is 6.